The van der Waals surface area contributed by atoms with E-state index in [1.54, 1.807) is 6.92 Å². The van der Waals surface area contributed by atoms with Gasteiger partial charge in [-0.2, -0.15) is 0 Å². The van der Waals surface area contributed by atoms with E-state index in [9.17, 15) is 13.6 Å². The van der Waals surface area contributed by atoms with Crippen LogP contribution in [0, 0.1) is 18.6 Å². The summed E-state index contributed by atoms with van der Waals surface area (Å²) < 4.78 is 31.2. The van der Waals surface area contributed by atoms with Gasteiger partial charge in [0.05, 0.1) is 6.61 Å². The average Bonchev–Trinajstić information content (AvgIpc) is 2.21. The Labute approximate surface area is 86.9 Å². The van der Waals surface area contributed by atoms with E-state index in [-0.39, 0.29) is 12.2 Å². The van der Waals surface area contributed by atoms with Gasteiger partial charge in [0.15, 0.2) is 0 Å². The SMILES string of the molecule is CCCOC(=O)c1c(F)ccc(C)c1F. The molecule has 0 radical (unpaired) electrons. The van der Waals surface area contributed by atoms with Crippen molar-refractivity contribution in [3.63, 3.8) is 0 Å². The minimum absolute atomic E-state index is 0.158. The molecule has 0 spiro atoms. The minimum atomic E-state index is -0.949. The number of ether oxygens (including phenoxy) is 1. The van der Waals surface area contributed by atoms with Gasteiger partial charge in [0.25, 0.3) is 0 Å². The number of aryl methyl sites for hydroxylation is 1. The van der Waals surface area contributed by atoms with Gasteiger partial charge >= 0.3 is 5.97 Å². The lowest BCUT2D eigenvalue weighted by molar-refractivity contribution is 0.0494. The molecule has 0 N–H and O–H groups in total. The lowest BCUT2D eigenvalue weighted by atomic mass is 10.1. The van der Waals surface area contributed by atoms with Crippen LogP contribution in [0.15, 0.2) is 12.1 Å². The van der Waals surface area contributed by atoms with Crippen LogP contribution < -0.4 is 0 Å². The van der Waals surface area contributed by atoms with E-state index in [0.717, 1.165) is 6.07 Å². The number of carbonyl (C=O) groups excluding carboxylic acids is 1. The van der Waals surface area contributed by atoms with Crippen molar-refractivity contribution in [3.8, 4) is 0 Å². The van der Waals surface area contributed by atoms with Gasteiger partial charge in [0.2, 0.25) is 0 Å². The predicted octanol–water partition coefficient (Wildman–Crippen LogP) is 2.84. The van der Waals surface area contributed by atoms with Crippen LogP contribution in [0.3, 0.4) is 0 Å². The fraction of sp³-hybridized carbons (Fsp3) is 0.364. The predicted molar refractivity (Wildman–Crippen MR) is 51.7 cm³/mol. The summed E-state index contributed by atoms with van der Waals surface area (Å²) in [5, 5.41) is 0. The molecule has 0 aliphatic heterocycles. The zero-order chi connectivity index (χ0) is 11.4. The van der Waals surface area contributed by atoms with Gasteiger partial charge in [-0.15, -0.1) is 0 Å². The molecule has 0 bridgehead atoms. The summed E-state index contributed by atoms with van der Waals surface area (Å²) in [7, 11) is 0. The van der Waals surface area contributed by atoms with E-state index in [1.165, 1.54) is 13.0 Å². The molecule has 0 amide bonds. The number of carbonyl (C=O) groups is 1. The summed E-state index contributed by atoms with van der Waals surface area (Å²) >= 11 is 0. The Morgan fingerprint density at radius 3 is 2.67 bits per heavy atom. The van der Waals surface area contributed by atoms with Crippen LogP contribution in [-0.4, -0.2) is 12.6 Å². The quantitative estimate of drug-likeness (QED) is 0.723. The molecule has 0 saturated carbocycles. The summed E-state index contributed by atoms with van der Waals surface area (Å²) in [5.41, 5.74) is -0.386. The molecule has 0 aliphatic rings. The first-order chi connectivity index (χ1) is 7.07. The Morgan fingerprint density at radius 1 is 1.40 bits per heavy atom. The normalized spacial score (nSPS) is 10.1. The fourth-order valence-corrected chi connectivity index (χ4v) is 1.11. The van der Waals surface area contributed by atoms with E-state index in [2.05, 4.69) is 4.74 Å². The van der Waals surface area contributed by atoms with Gasteiger partial charge in [-0.25, -0.2) is 13.6 Å². The second kappa shape index (κ2) is 4.87. The van der Waals surface area contributed by atoms with Crippen molar-refractivity contribution in [2.45, 2.75) is 20.3 Å². The van der Waals surface area contributed by atoms with Gasteiger partial charge in [-0.05, 0) is 25.0 Å². The van der Waals surface area contributed by atoms with Gasteiger partial charge < -0.3 is 4.74 Å². The second-order valence-electron chi connectivity index (χ2n) is 3.19. The van der Waals surface area contributed by atoms with Gasteiger partial charge in [0, 0.05) is 0 Å². The van der Waals surface area contributed by atoms with Crippen molar-refractivity contribution in [1.29, 1.82) is 0 Å². The number of hydrogen-bond donors (Lipinski definition) is 0. The Balaban J connectivity index is 3.02. The first-order valence-corrected chi connectivity index (χ1v) is 4.69. The van der Waals surface area contributed by atoms with Crippen LogP contribution in [0.4, 0.5) is 8.78 Å². The summed E-state index contributed by atoms with van der Waals surface area (Å²) in [5.74, 6) is -2.69. The third kappa shape index (κ3) is 2.52. The lowest BCUT2D eigenvalue weighted by Gasteiger charge is -2.06. The van der Waals surface area contributed by atoms with Gasteiger partial charge in [-0.1, -0.05) is 13.0 Å². The topological polar surface area (TPSA) is 26.3 Å². The molecule has 0 unspecified atom stereocenters. The Kier molecular flexibility index (Phi) is 3.77. The van der Waals surface area contributed by atoms with Crippen molar-refractivity contribution in [3.05, 3.63) is 34.9 Å². The molecule has 1 aromatic rings. The molecule has 1 aromatic carbocycles. The molecule has 0 aliphatic carbocycles. The molecule has 0 atom stereocenters. The number of esters is 1. The third-order valence-corrected chi connectivity index (χ3v) is 1.93. The van der Waals surface area contributed by atoms with Crippen molar-refractivity contribution in [1.82, 2.24) is 0 Å². The summed E-state index contributed by atoms with van der Waals surface area (Å²) in [6.07, 6.45) is 0.612. The molecule has 0 fully saturated rings. The summed E-state index contributed by atoms with van der Waals surface area (Å²) in [6.45, 7) is 3.42. The largest absolute Gasteiger partial charge is 0.462 e. The number of benzene rings is 1. The highest BCUT2D eigenvalue weighted by Crippen LogP contribution is 2.17. The smallest absolute Gasteiger partial charge is 0.344 e. The molecule has 15 heavy (non-hydrogen) atoms. The Hall–Kier alpha value is -1.45. The molecular formula is C11H12F2O2. The molecule has 0 aromatic heterocycles. The van der Waals surface area contributed by atoms with E-state index in [4.69, 9.17) is 0 Å². The van der Waals surface area contributed by atoms with E-state index in [1.807, 2.05) is 0 Å². The molecule has 2 nitrogen and oxygen atoms in total. The van der Waals surface area contributed by atoms with E-state index >= 15 is 0 Å². The Bertz CT molecular complexity index is 375. The van der Waals surface area contributed by atoms with Crippen LogP contribution in [-0.2, 0) is 4.74 Å². The van der Waals surface area contributed by atoms with Crippen LogP contribution in [0.1, 0.15) is 29.3 Å². The highest BCUT2D eigenvalue weighted by molar-refractivity contribution is 5.90. The van der Waals surface area contributed by atoms with Crippen molar-refractivity contribution < 1.29 is 18.3 Å². The zero-order valence-electron chi connectivity index (χ0n) is 8.64. The van der Waals surface area contributed by atoms with Gasteiger partial charge in [-0.3, -0.25) is 0 Å². The molecular weight excluding hydrogens is 202 g/mol. The monoisotopic (exact) mass is 214 g/mol. The molecule has 0 saturated heterocycles. The molecule has 1 rings (SSSR count). The Morgan fingerprint density at radius 2 is 2.07 bits per heavy atom. The fourth-order valence-electron chi connectivity index (χ4n) is 1.11. The summed E-state index contributed by atoms with van der Waals surface area (Å²) in [6, 6.07) is 2.34. The zero-order valence-corrected chi connectivity index (χ0v) is 8.64. The molecule has 4 heteroatoms. The van der Waals surface area contributed by atoms with Crippen LogP contribution in [0.2, 0.25) is 0 Å². The number of halogens is 2. The first kappa shape index (κ1) is 11.6. The van der Waals surface area contributed by atoms with Crippen molar-refractivity contribution in [2.24, 2.45) is 0 Å². The van der Waals surface area contributed by atoms with Gasteiger partial charge in [0.1, 0.15) is 17.2 Å². The third-order valence-electron chi connectivity index (χ3n) is 1.93. The van der Waals surface area contributed by atoms with Crippen LogP contribution in [0.5, 0.6) is 0 Å². The number of rotatable bonds is 3. The van der Waals surface area contributed by atoms with Crippen LogP contribution >= 0.6 is 0 Å². The maximum absolute atomic E-state index is 13.4. The number of hydrogen-bond acceptors (Lipinski definition) is 2. The van der Waals surface area contributed by atoms with Crippen molar-refractivity contribution in [2.75, 3.05) is 6.61 Å². The maximum atomic E-state index is 13.4. The lowest BCUT2D eigenvalue weighted by Crippen LogP contribution is -2.11. The standard InChI is InChI=1S/C11H12F2O2/c1-3-6-15-11(14)9-8(12)5-4-7(2)10(9)13/h4-5H,3,6H2,1-2H3. The second-order valence-corrected chi connectivity index (χ2v) is 3.19. The molecule has 82 valence electrons. The van der Waals surface area contributed by atoms with Crippen LogP contribution in [0.25, 0.3) is 0 Å². The highest BCUT2D eigenvalue weighted by Gasteiger charge is 2.19. The maximum Gasteiger partial charge on any atom is 0.344 e. The average molecular weight is 214 g/mol. The highest BCUT2D eigenvalue weighted by atomic mass is 19.1. The summed E-state index contributed by atoms with van der Waals surface area (Å²) in [4.78, 5) is 11.3. The van der Waals surface area contributed by atoms with Crippen molar-refractivity contribution >= 4 is 5.97 Å². The minimum Gasteiger partial charge on any atom is -0.462 e. The van der Waals surface area contributed by atoms with E-state index in [0.29, 0.717) is 6.42 Å². The molecule has 0 heterocycles. The first-order valence-electron chi connectivity index (χ1n) is 4.69. The van der Waals surface area contributed by atoms with E-state index < -0.39 is 23.2 Å².